The predicted octanol–water partition coefficient (Wildman–Crippen LogP) is 4.53. The van der Waals surface area contributed by atoms with E-state index in [1.54, 1.807) is 45.2 Å². The van der Waals surface area contributed by atoms with Crippen molar-refractivity contribution in [2.24, 2.45) is 4.99 Å². The highest BCUT2D eigenvalue weighted by Crippen LogP contribution is 2.41. The van der Waals surface area contributed by atoms with Crippen LogP contribution in [0.25, 0.3) is 6.08 Å². The Bertz CT molecular complexity index is 1620. The highest BCUT2D eigenvalue weighted by Gasteiger charge is 2.35. The zero-order valence-corrected chi connectivity index (χ0v) is 24.6. The quantitative estimate of drug-likeness (QED) is 0.247. The Labute approximate surface area is 238 Å². The minimum atomic E-state index is -0.811. The number of halogens is 1. The van der Waals surface area contributed by atoms with E-state index in [2.05, 4.69) is 27.5 Å². The summed E-state index contributed by atoms with van der Waals surface area (Å²) in [5, 5.41) is 0. The Hall–Kier alpha value is -3.63. The van der Waals surface area contributed by atoms with Crippen LogP contribution in [0.1, 0.15) is 37.9 Å². The minimum absolute atomic E-state index is 0.183. The molecule has 4 rings (SSSR count). The van der Waals surface area contributed by atoms with Crippen molar-refractivity contribution in [2.75, 3.05) is 26.9 Å². The van der Waals surface area contributed by atoms with Gasteiger partial charge in [-0.3, -0.25) is 9.36 Å². The number of nitrogens with zero attached hydrogens (tertiary/aromatic N) is 2. The van der Waals surface area contributed by atoms with Gasteiger partial charge in [0.25, 0.3) is 5.56 Å². The third-order valence-corrected chi connectivity index (χ3v) is 7.63. The lowest BCUT2D eigenvalue weighted by molar-refractivity contribution is -0.139. The molecule has 0 unspecified atom stereocenters. The Morgan fingerprint density at radius 3 is 2.62 bits per heavy atom. The molecule has 2 heterocycles. The summed E-state index contributed by atoms with van der Waals surface area (Å²) in [6.07, 6.45) is 3.43. The number of hydrogen-bond acceptors (Lipinski definition) is 8. The van der Waals surface area contributed by atoms with E-state index >= 15 is 0 Å². The highest BCUT2D eigenvalue weighted by atomic mass is 79.9. The number of benzene rings is 2. The molecule has 3 aromatic rings. The molecule has 204 valence electrons. The lowest BCUT2D eigenvalue weighted by Crippen LogP contribution is -2.40. The largest absolute Gasteiger partial charge is 0.493 e. The Balaban J connectivity index is 1.98. The lowest BCUT2D eigenvalue weighted by atomic mass is 9.95. The summed E-state index contributed by atoms with van der Waals surface area (Å²) in [6.45, 7) is 10.0. The molecule has 1 aliphatic rings. The molecule has 1 aromatic heterocycles. The summed E-state index contributed by atoms with van der Waals surface area (Å²) >= 11 is 4.88. The van der Waals surface area contributed by atoms with Crippen molar-refractivity contribution in [1.82, 2.24) is 4.57 Å². The van der Waals surface area contributed by atoms with E-state index in [1.807, 2.05) is 31.2 Å². The molecular weight excluding hydrogens is 584 g/mol. The van der Waals surface area contributed by atoms with Gasteiger partial charge in [-0.15, -0.1) is 0 Å². The molecule has 0 radical (unpaired) electrons. The van der Waals surface area contributed by atoms with Gasteiger partial charge in [0.15, 0.2) is 16.3 Å². The summed E-state index contributed by atoms with van der Waals surface area (Å²) in [5.74, 6) is 1.10. The van der Waals surface area contributed by atoms with E-state index < -0.39 is 12.0 Å². The maximum atomic E-state index is 14.0. The van der Waals surface area contributed by atoms with Crippen molar-refractivity contribution in [2.45, 2.75) is 26.8 Å². The second-order valence-electron chi connectivity index (χ2n) is 8.40. The Morgan fingerprint density at radius 2 is 1.92 bits per heavy atom. The molecule has 0 saturated carbocycles. The first-order valence-corrected chi connectivity index (χ1v) is 14.0. The molecular formula is C29H29BrN2O6S. The molecule has 0 aliphatic carbocycles. The van der Waals surface area contributed by atoms with Crippen LogP contribution in [-0.4, -0.2) is 37.5 Å². The first-order valence-electron chi connectivity index (χ1n) is 12.4. The number of carbonyl (C=O) groups is 1. The fourth-order valence-electron chi connectivity index (χ4n) is 4.30. The summed E-state index contributed by atoms with van der Waals surface area (Å²) in [4.78, 5) is 32.3. The van der Waals surface area contributed by atoms with Crippen LogP contribution in [0.2, 0.25) is 0 Å². The highest BCUT2D eigenvalue weighted by molar-refractivity contribution is 9.10. The monoisotopic (exact) mass is 612 g/mol. The van der Waals surface area contributed by atoms with Gasteiger partial charge in [0.1, 0.15) is 12.4 Å². The summed E-state index contributed by atoms with van der Waals surface area (Å²) in [7, 11) is 1.54. The fourth-order valence-corrected chi connectivity index (χ4v) is 5.87. The fraction of sp³-hybridized carbons (Fsp3) is 0.276. The number of esters is 1. The second-order valence-corrected chi connectivity index (χ2v) is 10.3. The van der Waals surface area contributed by atoms with Crippen molar-refractivity contribution >= 4 is 39.3 Å². The summed E-state index contributed by atoms with van der Waals surface area (Å²) in [5.41, 5.74) is 1.83. The number of thiazole rings is 1. The standard InChI is InChI=1S/C29H29BrN2O6S/c1-6-13-38-21-12-10-9-11-18(21)14-24-27(33)32-26(19-15-22(35-5)23(36-7-2)16-20(19)30)25(28(34)37-8-3)17(4)31-29(32)39-24/h6,9-12,14-16,26H,1,7-8,13H2,2-5H3/b24-14+/t26-/m0/s1. The molecule has 1 atom stereocenters. The third kappa shape index (κ3) is 5.72. The number of allylic oxidation sites excluding steroid dienone is 1. The summed E-state index contributed by atoms with van der Waals surface area (Å²) in [6, 6.07) is 10.2. The minimum Gasteiger partial charge on any atom is -0.493 e. The van der Waals surface area contributed by atoms with Gasteiger partial charge in [-0.1, -0.05) is 58.1 Å². The number of aromatic nitrogens is 1. The number of hydrogen-bond donors (Lipinski definition) is 0. The molecule has 1 aliphatic heterocycles. The first kappa shape index (κ1) is 28.4. The van der Waals surface area contributed by atoms with Gasteiger partial charge >= 0.3 is 5.97 Å². The number of methoxy groups -OCH3 is 1. The van der Waals surface area contributed by atoms with Crippen LogP contribution < -0.4 is 29.1 Å². The average Bonchev–Trinajstić information content (AvgIpc) is 3.22. The van der Waals surface area contributed by atoms with E-state index in [4.69, 9.17) is 18.9 Å². The number of carbonyl (C=O) groups excluding carboxylic acids is 1. The molecule has 0 fully saturated rings. The van der Waals surface area contributed by atoms with Crippen LogP contribution in [0.3, 0.4) is 0 Å². The Morgan fingerprint density at radius 1 is 1.15 bits per heavy atom. The Kier molecular flexibility index (Phi) is 9.08. The normalized spacial score (nSPS) is 14.9. The molecule has 10 heteroatoms. The van der Waals surface area contributed by atoms with Crippen LogP contribution in [0.4, 0.5) is 0 Å². The maximum Gasteiger partial charge on any atom is 0.338 e. The average molecular weight is 614 g/mol. The molecule has 0 N–H and O–H groups in total. The molecule has 0 bridgehead atoms. The number of ether oxygens (including phenoxy) is 4. The molecule has 0 amide bonds. The lowest BCUT2D eigenvalue weighted by Gasteiger charge is -2.26. The van der Waals surface area contributed by atoms with Gasteiger partial charge in [0.05, 0.1) is 42.2 Å². The first-order chi connectivity index (χ1) is 18.8. The van der Waals surface area contributed by atoms with Crippen LogP contribution in [0.5, 0.6) is 17.2 Å². The molecule has 8 nitrogen and oxygen atoms in total. The molecule has 2 aromatic carbocycles. The second kappa shape index (κ2) is 12.5. The van der Waals surface area contributed by atoms with Gasteiger partial charge in [0.2, 0.25) is 0 Å². The van der Waals surface area contributed by atoms with Gasteiger partial charge < -0.3 is 18.9 Å². The molecule has 39 heavy (non-hydrogen) atoms. The van der Waals surface area contributed by atoms with Crippen LogP contribution in [-0.2, 0) is 9.53 Å². The van der Waals surface area contributed by atoms with E-state index in [-0.39, 0.29) is 17.7 Å². The van der Waals surface area contributed by atoms with E-state index in [1.165, 1.54) is 15.9 Å². The molecule has 0 spiro atoms. The van der Waals surface area contributed by atoms with Crippen molar-refractivity contribution in [1.29, 1.82) is 0 Å². The van der Waals surface area contributed by atoms with Gasteiger partial charge in [-0.25, -0.2) is 9.79 Å². The number of fused-ring (bicyclic) bond motifs is 1. The SMILES string of the molecule is C=CCOc1ccccc1/C=c1/sc2n(c1=O)[C@@H](c1cc(OC)c(OCC)cc1Br)C(C(=O)OCC)=C(C)N=2. The van der Waals surface area contributed by atoms with Gasteiger partial charge in [-0.05, 0) is 50.6 Å². The van der Waals surface area contributed by atoms with Crippen LogP contribution >= 0.6 is 27.3 Å². The smallest absolute Gasteiger partial charge is 0.338 e. The number of para-hydroxylation sites is 1. The van der Waals surface area contributed by atoms with Crippen LogP contribution in [0.15, 0.2) is 74.6 Å². The summed E-state index contributed by atoms with van der Waals surface area (Å²) < 4.78 is 25.1. The van der Waals surface area contributed by atoms with Crippen LogP contribution in [0, 0.1) is 0 Å². The van der Waals surface area contributed by atoms with Crippen molar-refractivity contribution in [3.8, 4) is 17.2 Å². The van der Waals surface area contributed by atoms with Crippen molar-refractivity contribution in [3.05, 3.63) is 95.6 Å². The van der Waals surface area contributed by atoms with Gasteiger partial charge in [0, 0.05) is 10.0 Å². The maximum absolute atomic E-state index is 14.0. The van der Waals surface area contributed by atoms with E-state index in [0.29, 0.717) is 55.5 Å². The van der Waals surface area contributed by atoms with Crippen molar-refractivity contribution in [3.63, 3.8) is 0 Å². The van der Waals surface area contributed by atoms with E-state index in [9.17, 15) is 9.59 Å². The van der Waals surface area contributed by atoms with E-state index in [0.717, 1.165) is 5.56 Å². The topological polar surface area (TPSA) is 88.3 Å². The predicted molar refractivity (Wildman–Crippen MR) is 154 cm³/mol. The van der Waals surface area contributed by atoms with Gasteiger partial charge in [-0.2, -0.15) is 0 Å². The zero-order chi connectivity index (χ0) is 28.1. The zero-order valence-electron chi connectivity index (χ0n) is 22.2. The van der Waals surface area contributed by atoms with Crippen molar-refractivity contribution < 1.29 is 23.7 Å². The molecule has 0 saturated heterocycles. The number of rotatable bonds is 10. The third-order valence-electron chi connectivity index (χ3n) is 5.96.